The van der Waals surface area contributed by atoms with Gasteiger partial charge in [-0.25, -0.2) is 0 Å². The predicted octanol–water partition coefficient (Wildman–Crippen LogP) is 4.59. The fraction of sp³-hybridized carbons (Fsp3) is 0.647. The lowest BCUT2D eigenvalue weighted by Crippen LogP contribution is -2.46. The van der Waals surface area contributed by atoms with E-state index in [2.05, 4.69) is 52.4 Å². The standard InChI is InChI=1S/C17H24BrNO/c1-13(14-5-4-6-15(18)11-14)19-16-7-10-20-17(12-16)8-2-3-9-17/h4-6,11,13,16,19H,2-3,7-10,12H2,1H3/t13-,16?/m1/s1. The SMILES string of the molecule is C[C@@H](NC1CCOC2(CCCC2)C1)c1cccc(Br)c1. The third kappa shape index (κ3) is 3.26. The second kappa shape index (κ2) is 6.17. The Morgan fingerprint density at radius 1 is 1.35 bits per heavy atom. The van der Waals surface area contributed by atoms with Crippen molar-refractivity contribution in [2.75, 3.05) is 6.61 Å². The van der Waals surface area contributed by atoms with Crippen LogP contribution in [0.4, 0.5) is 0 Å². The van der Waals surface area contributed by atoms with E-state index in [1.165, 1.54) is 37.7 Å². The van der Waals surface area contributed by atoms with Crippen molar-refractivity contribution in [1.29, 1.82) is 0 Å². The quantitative estimate of drug-likeness (QED) is 0.870. The van der Waals surface area contributed by atoms with Gasteiger partial charge in [0.1, 0.15) is 0 Å². The van der Waals surface area contributed by atoms with E-state index in [0.717, 1.165) is 17.5 Å². The van der Waals surface area contributed by atoms with Gasteiger partial charge in [-0.15, -0.1) is 0 Å². The summed E-state index contributed by atoms with van der Waals surface area (Å²) in [6, 6.07) is 9.60. The average Bonchev–Trinajstić information content (AvgIpc) is 2.87. The van der Waals surface area contributed by atoms with Crippen molar-refractivity contribution in [3.63, 3.8) is 0 Å². The van der Waals surface area contributed by atoms with E-state index in [-0.39, 0.29) is 5.60 Å². The molecule has 2 aliphatic rings. The Balaban J connectivity index is 1.62. The molecule has 1 saturated heterocycles. The van der Waals surface area contributed by atoms with Crippen LogP contribution >= 0.6 is 15.9 Å². The minimum absolute atomic E-state index is 0.201. The zero-order chi connectivity index (χ0) is 14.0. The minimum atomic E-state index is 0.201. The monoisotopic (exact) mass is 337 g/mol. The molecule has 0 bridgehead atoms. The molecule has 1 N–H and O–H groups in total. The predicted molar refractivity (Wildman–Crippen MR) is 85.9 cm³/mol. The second-order valence-corrected chi connectivity index (χ2v) is 7.29. The van der Waals surface area contributed by atoms with Gasteiger partial charge in [0.25, 0.3) is 0 Å². The zero-order valence-electron chi connectivity index (χ0n) is 12.2. The molecular weight excluding hydrogens is 314 g/mol. The Bertz CT molecular complexity index is 456. The molecule has 3 heteroatoms. The molecule has 3 rings (SSSR count). The molecule has 1 unspecified atom stereocenters. The van der Waals surface area contributed by atoms with Gasteiger partial charge in [0, 0.05) is 23.2 Å². The van der Waals surface area contributed by atoms with Crippen LogP contribution in [0, 0.1) is 0 Å². The molecule has 1 aromatic carbocycles. The fourth-order valence-electron chi connectivity index (χ4n) is 3.76. The molecule has 1 spiro atoms. The van der Waals surface area contributed by atoms with Crippen molar-refractivity contribution in [2.45, 2.75) is 63.1 Å². The van der Waals surface area contributed by atoms with Gasteiger partial charge in [-0.05, 0) is 50.3 Å². The van der Waals surface area contributed by atoms with Crippen LogP contribution in [0.15, 0.2) is 28.7 Å². The van der Waals surface area contributed by atoms with Gasteiger partial charge < -0.3 is 10.1 Å². The largest absolute Gasteiger partial charge is 0.375 e. The first-order valence-electron chi connectivity index (χ1n) is 7.82. The van der Waals surface area contributed by atoms with Gasteiger partial charge in [0.05, 0.1) is 5.60 Å². The maximum atomic E-state index is 6.12. The van der Waals surface area contributed by atoms with E-state index in [0.29, 0.717) is 12.1 Å². The van der Waals surface area contributed by atoms with Crippen molar-refractivity contribution in [3.8, 4) is 0 Å². The third-order valence-corrected chi connectivity index (χ3v) is 5.34. The molecule has 0 aromatic heterocycles. The van der Waals surface area contributed by atoms with Crippen LogP contribution in [0.1, 0.15) is 57.1 Å². The van der Waals surface area contributed by atoms with Gasteiger partial charge in [-0.1, -0.05) is 40.9 Å². The van der Waals surface area contributed by atoms with Crippen LogP contribution in [0.3, 0.4) is 0 Å². The summed E-state index contributed by atoms with van der Waals surface area (Å²) < 4.78 is 7.27. The number of hydrogen-bond acceptors (Lipinski definition) is 2. The highest BCUT2D eigenvalue weighted by Gasteiger charge is 2.40. The lowest BCUT2D eigenvalue weighted by Gasteiger charge is -2.39. The summed E-state index contributed by atoms with van der Waals surface area (Å²) in [6.45, 7) is 3.18. The number of benzene rings is 1. The van der Waals surface area contributed by atoms with E-state index in [9.17, 15) is 0 Å². The molecule has 1 aromatic rings. The Morgan fingerprint density at radius 2 is 2.15 bits per heavy atom. The van der Waals surface area contributed by atoms with Crippen LogP contribution in [0.5, 0.6) is 0 Å². The first kappa shape index (κ1) is 14.6. The molecule has 2 fully saturated rings. The van der Waals surface area contributed by atoms with Crippen LogP contribution < -0.4 is 5.32 Å². The molecule has 0 amide bonds. The molecule has 1 aliphatic heterocycles. The van der Waals surface area contributed by atoms with Gasteiger partial charge in [-0.3, -0.25) is 0 Å². The topological polar surface area (TPSA) is 21.3 Å². The summed E-state index contributed by atoms with van der Waals surface area (Å²) in [7, 11) is 0. The summed E-state index contributed by atoms with van der Waals surface area (Å²) in [5.74, 6) is 0. The van der Waals surface area contributed by atoms with Crippen molar-refractivity contribution in [3.05, 3.63) is 34.3 Å². The highest BCUT2D eigenvalue weighted by Crippen LogP contribution is 2.40. The Morgan fingerprint density at radius 3 is 2.90 bits per heavy atom. The summed E-state index contributed by atoms with van der Waals surface area (Å²) in [5.41, 5.74) is 1.55. The van der Waals surface area contributed by atoms with E-state index < -0.39 is 0 Å². The second-order valence-electron chi connectivity index (χ2n) is 6.37. The number of rotatable bonds is 3. The molecule has 2 atom stereocenters. The summed E-state index contributed by atoms with van der Waals surface area (Å²) in [4.78, 5) is 0. The molecule has 1 aliphatic carbocycles. The lowest BCUT2D eigenvalue weighted by atomic mass is 9.88. The Hall–Kier alpha value is -0.380. The number of hydrogen-bond donors (Lipinski definition) is 1. The smallest absolute Gasteiger partial charge is 0.0697 e. The maximum Gasteiger partial charge on any atom is 0.0697 e. The van der Waals surface area contributed by atoms with Gasteiger partial charge in [0.15, 0.2) is 0 Å². The number of ether oxygens (including phenoxy) is 1. The molecule has 110 valence electrons. The molecule has 2 nitrogen and oxygen atoms in total. The lowest BCUT2D eigenvalue weighted by molar-refractivity contribution is -0.0846. The van der Waals surface area contributed by atoms with Crippen molar-refractivity contribution >= 4 is 15.9 Å². The Kier molecular flexibility index (Phi) is 4.49. The Labute approximate surface area is 130 Å². The normalized spacial score (nSPS) is 26.8. The van der Waals surface area contributed by atoms with Gasteiger partial charge in [0.2, 0.25) is 0 Å². The van der Waals surface area contributed by atoms with Crippen LogP contribution in [0.2, 0.25) is 0 Å². The molecule has 0 radical (unpaired) electrons. The molecule has 1 saturated carbocycles. The van der Waals surface area contributed by atoms with Crippen molar-refractivity contribution in [1.82, 2.24) is 5.32 Å². The summed E-state index contributed by atoms with van der Waals surface area (Å²) >= 11 is 3.56. The van der Waals surface area contributed by atoms with Crippen molar-refractivity contribution in [2.24, 2.45) is 0 Å². The fourth-order valence-corrected chi connectivity index (χ4v) is 4.18. The van der Waals surface area contributed by atoms with Gasteiger partial charge in [-0.2, -0.15) is 0 Å². The summed E-state index contributed by atoms with van der Waals surface area (Å²) in [5, 5.41) is 3.81. The van der Waals surface area contributed by atoms with E-state index in [1.807, 2.05) is 0 Å². The van der Waals surface area contributed by atoms with E-state index in [1.54, 1.807) is 0 Å². The molecular formula is C17H24BrNO. The highest BCUT2D eigenvalue weighted by molar-refractivity contribution is 9.10. The highest BCUT2D eigenvalue weighted by atomic mass is 79.9. The third-order valence-electron chi connectivity index (χ3n) is 4.84. The van der Waals surface area contributed by atoms with Crippen LogP contribution in [0.25, 0.3) is 0 Å². The van der Waals surface area contributed by atoms with E-state index in [4.69, 9.17) is 4.74 Å². The average molecular weight is 338 g/mol. The van der Waals surface area contributed by atoms with E-state index >= 15 is 0 Å². The van der Waals surface area contributed by atoms with Gasteiger partial charge >= 0.3 is 0 Å². The first-order chi connectivity index (χ1) is 9.67. The number of nitrogens with one attached hydrogen (secondary N) is 1. The zero-order valence-corrected chi connectivity index (χ0v) is 13.8. The maximum absolute atomic E-state index is 6.12. The number of halogens is 1. The molecule has 20 heavy (non-hydrogen) atoms. The molecule has 1 heterocycles. The summed E-state index contributed by atoms with van der Waals surface area (Å²) in [6.07, 6.45) is 7.53. The van der Waals surface area contributed by atoms with Crippen LogP contribution in [-0.4, -0.2) is 18.2 Å². The van der Waals surface area contributed by atoms with Crippen molar-refractivity contribution < 1.29 is 4.74 Å². The first-order valence-corrected chi connectivity index (χ1v) is 8.62. The van der Waals surface area contributed by atoms with Crippen LogP contribution in [-0.2, 0) is 4.74 Å². The minimum Gasteiger partial charge on any atom is -0.375 e.